The smallest absolute Gasteiger partial charge is 0.284 e. The molecular weight excluding hydrogens is 354 g/mol. The van der Waals surface area contributed by atoms with Gasteiger partial charge in [-0.15, -0.1) is 23.1 Å². The molecule has 0 amide bonds. The van der Waals surface area contributed by atoms with Gasteiger partial charge in [0, 0.05) is 22.0 Å². The van der Waals surface area contributed by atoms with Gasteiger partial charge in [-0.05, 0) is 24.0 Å². The number of nitrogens with two attached hydrogens (primary N) is 1. The predicted molar refractivity (Wildman–Crippen MR) is 101 cm³/mol. The maximum Gasteiger partial charge on any atom is 0.284 e. The first-order valence-electron chi connectivity index (χ1n) is 7.27. The van der Waals surface area contributed by atoms with E-state index in [0.29, 0.717) is 21.6 Å². The molecule has 4 rings (SSSR count). The van der Waals surface area contributed by atoms with Crippen molar-refractivity contribution in [2.45, 2.75) is 4.90 Å². The van der Waals surface area contributed by atoms with Gasteiger partial charge in [-0.1, -0.05) is 12.1 Å². The van der Waals surface area contributed by atoms with Crippen LogP contribution in [0.3, 0.4) is 0 Å². The van der Waals surface area contributed by atoms with Gasteiger partial charge < -0.3 is 5.73 Å². The molecule has 122 valence electrons. The van der Waals surface area contributed by atoms with E-state index in [0.717, 1.165) is 10.5 Å². The van der Waals surface area contributed by atoms with Gasteiger partial charge in [0.25, 0.3) is 5.56 Å². The zero-order chi connectivity index (χ0) is 17.6. The fourth-order valence-corrected chi connectivity index (χ4v) is 3.89. The molecule has 0 atom stereocenters. The number of nitrogen functional groups attached to an aromatic ring is 1. The van der Waals surface area contributed by atoms with Crippen LogP contribution in [0.5, 0.6) is 0 Å². The lowest BCUT2D eigenvalue weighted by Gasteiger charge is -2.11. The number of nitrogens with zero attached hydrogens (tertiary/aromatic N) is 4. The Morgan fingerprint density at radius 1 is 1.28 bits per heavy atom. The van der Waals surface area contributed by atoms with E-state index in [1.54, 1.807) is 22.4 Å². The van der Waals surface area contributed by atoms with Crippen LogP contribution >= 0.6 is 23.1 Å². The molecule has 6 nitrogen and oxygen atoms in total. The van der Waals surface area contributed by atoms with Crippen molar-refractivity contribution in [3.63, 3.8) is 0 Å². The highest BCUT2D eigenvalue weighted by atomic mass is 32.2. The van der Waals surface area contributed by atoms with Gasteiger partial charge in [0.15, 0.2) is 10.6 Å². The van der Waals surface area contributed by atoms with E-state index in [1.807, 2.05) is 35.9 Å². The van der Waals surface area contributed by atoms with Crippen LogP contribution in [0.25, 0.3) is 27.1 Å². The molecular formula is C17H11N5OS2. The summed E-state index contributed by atoms with van der Waals surface area (Å²) in [5.41, 5.74) is 7.45. The maximum absolute atomic E-state index is 12.7. The van der Waals surface area contributed by atoms with Crippen molar-refractivity contribution in [3.8, 4) is 17.2 Å². The summed E-state index contributed by atoms with van der Waals surface area (Å²) in [5, 5.41) is 11.7. The molecule has 2 N–H and O–H groups in total. The molecule has 0 saturated carbocycles. The van der Waals surface area contributed by atoms with Gasteiger partial charge in [-0.2, -0.15) is 10.2 Å². The summed E-state index contributed by atoms with van der Waals surface area (Å²) in [7, 11) is 0. The summed E-state index contributed by atoms with van der Waals surface area (Å²) in [6, 6.07) is 9.73. The fourth-order valence-electron chi connectivity index (χ4n) is 2.78. The Kier molecular flexibility index (Phi) is 3.67. The second-order valence-corrected chi connectivity index (χ2v) is 7.01. The van der Waals surface area contributed by atoms with Crippen LogP contribution in [0.15, 0.2) is 45.5 Å². The number of aromatic nitrogens is 3. The van der Waals surface area contributed by atoms with Crippen LogP contribution in [0.4, 0.5) is 5.82 Å². The normalized spacial score (nSPS) is 11.0. The van der Waals surface area contributed by atoms with Crippen molar-refractivity contribution in [3.05, 3.63) is 51.8 Å². The standard InChI is InChI=1S/C17H11N5OS2/c1-24-10-4-2-9(3-5-10)12-11(8-18)14(19)20-15-13(12)16(23)21-17-22(15)6-7-25-17/h2-7H,1H3,(H2,19,20). The summed E-state index contributed by atoms with van der Waals surface area (Å²) in [6.07, 6.45) is 3.77. The Hall–Kier alpha value is -2.89. The zero-order valence-corrected chi connectivity index (χ0v) is 14.7. The van der Waals surface area contributed by atoms with Gasteiger partial charge >= 0.3 is 0 Å². The number of pyridine rings is 1. The highest BCUT2D eigenvalue weighted by Gasteiger charge is 2.20. The summed E-state index contributed by atoms with van der Waals surface area (Å²) < 4.78 is 1.72. The topological polar surface area (TPSA) is 97.1 Å². The highest BCUT2D eigenvalue weighted by Crippen LogP contribution is 2.33. The Morgan fingerprint density at radius 2 is 2.04 bits per heavy atom. The monoisotopic (exact) mass is 365 g/mol. The van der Waals surface area contributed by atoms with Crippen LogP contribution in [0.2, 0.25) is 0 Å². The number of hydrogen-bond acceptors (Lipinski definition) is 7. The third kappa shape index (κ3) is 2.36. The Balaban J connectivity index is 2.20. The van der Waals surface area contributed by atoms with Crippen LogP contribution in [0, 0.1) is 11.3 Å². The van der Waals surface area contributed by atoms with E-state index < -0.39 is 5.56 Å². The molecule has 0 aliphatic heterocycles. The first kappa shape index (κ1) is 15.6. The quantitative estimate of drug-likeness (QED) is 0.548. The van der Waals surface area contributed by atoms with Crippen molar-refractivity contribution < 1.29 is 0 Å². The molecule has 0 radical (unpaired) electrons. The first-order chi connectivity index (χ1) is 12.1. The Labute approximate surface area is 150 Å². The molecule has 8 heteroatoms. The highest BCUT2D eigenvalue weighted by molar-refractivity contribution is 7.98. The minimum absolute atomic E-state index is 0.101. The molecule has 25 heavy (non-hydrogen) atoms. The Bertz CT molecular complexity index is 1220. The first-order valence-corrected chi connectivity index (χ1v) is 9.38. The van der Waals surface area contributed by atoms with Crippen LogP contribution in [0.1, 0.15) is 5.56 Å². The average molecular weight is 365 g/mol. The Morgan fingerprint density at radius 3 is 2.72 bits per heavy atom. The lowest BCUT2D eigenvalue weighted by molar-refractivity contribution is 1.13. The molecule has 0 unspecified atom stereocenters. The van der Waals surface area contributed by atoms with Crippen molar-refractivity contribution in [2.75, 3.05) is 12.0 Å². The fraction of sp³-hybridized carbons (Fsp3) is 0.0588. The molecule has 1 aromatic carbocycles. The van der Waals surface area contributed by atoms with E-state index in [-0.39, 0.29) is 11.4 Å². The number of nitriles is 1. The molecule has 0 spiro atoms. The second-order valence-electron chi connectivity index (χ2n) is 5.26. The molecule has 0 aliphatic carbocycles. The average Bonchev–Trinajstić information content (AvgIpc) is 3.09. The number of anilines is 1. The van der Waals surface area contributed by atoms with Crippen LogP contribution in [-0.4, -0.2) is 20.6 Å². The minimum atomic E-state index is -0.412. The number of fused-ring (bicyclic) bond motifs is 3. The van der Waals surface area contributed by atoms with Gasteiger partial charge in [-0.25, -0.2) is 4.98 Å². The SMILES string of the molecule is CSc1ccc(-c2c(C#N)c(N)nc3c2c(=O)nc2sccn23)cc1. The number of hydrogen-bond donors (Lipinski definition) is 1. The second kappa shape index (κ2) is 5.88. The van der Waals surface area contributed by atoms with Crippen molar-refractivity contribution in [2.24, 2.45) is 0 Å². The molecule has 0 aliphatic rings. The number of rotatable bonds is 2. The minimum Gasteiger partial charge on any atom is -0.383 e. The van der Waals surface area contributed by atoms with E-state index >= 15 is 0 Å². The van der Waals surface area contributed by atoms with E-state index in [2.05, 4.69) is 16.0 Å². The van der Waals surface area contributed by atoms with Gasteiger partial charge in [-0.3, -0.25) is 9.20 Å². The van der Waals surface area contributed by atoms with Crippen molar-refractivity contribution >= 4 is 44.9 Å². The van der Waals surface area contributed by atoms with Crippen molar-refractivity contribution in [1.29, 1.82) is 5.26 Å². The molecule has 3 heterocycles. The summed E-state index contributed by atoms with van der Waals surface area (Å²) >= 11 is 2.96. The molecule has 4 aromatic rings. The van der Waals surface area contributed by atoms with Crippen LogP contribution < -0.4 is 11.3 Å². The van der Waals surface area contributed by atoms with E-state index in [9.17, 15) is 10.1 Å². The summed E-state index contributed by atoms with van der Waals surface area (Å²) in [4.78, 5) is 22.7. The van der Waals surface area contributed by atoms with Crippen molar-refractivity contribution in [1.82, 2.24) is 14.4 Å². The number of thioether (sulfide) groups is 1. The van der Waals surface area contributed by atoms with E-state index in [4.69, 9.17) is 5.73 Å². The molecule has 3 aromatic heterocycles. The van der Waals surface area contributed by atoms with E-state index in [1.165, 1.54) is 11.3 Å². The number of benzene rings is 1. The van der Waals surface area contributed by atoms with Crippen LogP contribution in [-0.2, 0) is 0 Å². The largest absolute Gasteiger partial charge is 0.383 e. The number of thiazole rings is 1. The van der Waals surface area contributed by atoms with Gasteiger partial charge in [0.1, 0.15) is 17.5 Å². The lowest BCUT2D eigenvalue weighted by atomic mass is 9.98. The molecule has 0 bridgehead atoms. The van der Waals surface area contributed by atoms with Gasteiger partial charge in [0.2, 0.25) is 0 Å². The zero-order valence-electron chi connectivity index (χ0n) is 13.1. The third-order valence-corrected chi connectivity index (χ3v) is 5.43. The van der Waals surface area contributed by atoms with Gasteiger partial charge in [0.05, 0.1) is 5.39 Å². The maximum atomic E-state index is 12.7. The molecule has 0 fully saturated rings. The molecule has 0 saturated heterocycles. The third-order valence-electron chi connectivity index (χ3n) is 3.93. The summed E-state index contributed by atoms with van der Waals surface area (Å²) in [6.45, 7) is 0. The lowest BCUT2D eigenvalue weighted by Crippen LogP contribution is -2.13. The summed E-state index contributed by atoms with van der Waals surface area (Å²) in [5.74, 6) is 0.101. The predicted octanol–water partition coefficient (Wildman–Crippen LogP) is 3.15.